The Hall–Kier alpha value is -0.610. The smallest absolute Gasteiger partial charge is 0.236 e. The van der Waals surface area contributed by atoms with Gasteiger partial charge < -0.3 is 15.5 Å². The van der Waals surface area contributed by atoms with Crippen LogP contribution in [0.15, 0.2) is 0 Å². The van der Waals surface area contributed by atoms with E-state index >= 15 is 0 Å². The monoisotopic (exact) mass is 241 g/mol. The minimum atomic E-state index is -0.0692. The maximum absolute atomic E-state index is 11.8. The van der Waals surface area contributed by atoms with Gasteiger partial charge in [0.2, 0.25) is 5.91 Å². The number of likely N-dealkylation sites (tertiary alicyclic amines) is 1. The molecule has 0 aliphatic carbocycles. The second kappa shape index (κ2) is 7.67. The second-order valence-electron chi connectivity index (χ2n) is 5.11. The van der Waals surface area contributed by atoms with Gasteiger partial charge in [0.25, 0.3) is 0 Å². The van der Waals surface area contributed by atoms with Gasteiger partial charge in [-0.1, -0.05) is 13.3 Å². The van der Waals surface area contributed by atoms with Crippen molar-refractivity contribution in [2.45, 2.75) is 51.6 Å². The highest BCUT2D eigenvalue weighted by molar-refractivity contribution is 5.81. The van der Waals surface area contributed by atoms with Crippen LogP contribution >= 0.6 is 0 Å². The van der Waals surface area contributed by atoms with Gasteiger partial charge in [-0.15, -0.1) is 0 Å². The molecule has 1 amide bonds. The molecule has 4 nitrogen and oxygen atoms in total. The van der Waals surface area contributed by atoms with Gasteiger partial charge in [-0.05, 0) is 46.3 Å². The van der Waals surface area contributed by atoms with E-state index in [2.05, 4.69) is 29.5 Å². The third kappa shape index (κ3) is 5.50. The van der Waals surface area contributed by atoms with Crippen LogP contribution in [-0.4, -0.2) is 49.6 Å². The molecule has 0 bridgehead atoms. The van der Waals surface area contributed by atoms with Gasteiger partial charge in [-0.3, -0.25) is 4.79 Å². The van der Waals surface area contributed by atoms with E-state index in [4.69, 9.17) is 0 Å². The van der Waals surface area contributed by atoms with Crippen LogP contribution < -0.4 is 10.6 Å². The van der Waals surface area contributed by atoms with Crippen molar-refractivity contribution in [3.63, 3.8) is 0 Å². The number of carbonyl (C=O) groups is 1. The molecule has 2 N–H and O–H groups in total. The molecular weight excluding hydrogens is 214 g/mol. The molecule has 1 rings (SSSR count). The molecule has 1 aliphatic heterocycles. The summed E-state index contributed by atoms with van der Waals surface area (Å²) in [5.74, 6) is 0.136. The van der Waals surface area contributed by atoms with Gasteiger partial charge in [0, 0.05) is 12.6 Å². The summed E-state index contributed by atoms with van der Waals surface area (Å²) in [5.41, 5.74) is 0. The molecule has 0 aromatic carbocycles. The van der Waals surface area contributed by atoms with Gasteiger partial charge in [0.1, 0.15) is 0 Å². The van der Waals surface area contributed by atoms with Crippen molar-refractivity contribution in [2.75, 3.05) is 26.7 Å². The number of nitrogens with zero attached hydrogens (tertiary/aromatic N) is 1. The number of unbranched alkanes of at least 4 members (excludes halogenated alkanes) is 1. The topological polar surface area (TPSA) is 44.4 Å². The Kier molecular flexibility index (Phi) is 6.52. The summed E-state index contributed by atoms with van der Waals surface area (Å²) >= 11 is 0. The summed E-state index contributed by atoms with van der Waals surface area (Å²) in [6.07, 6.45) is 4.47. The molecule has 4 heteroatoms. The Labute approximate surface area is 105 Å². The first-order valence-corrected chi connectivity index (χ1v) is 6.85. The van der Waals surface area contributed by atoms with Crippen LogP contribution in [0, 0.1) is 0 Å². The average Bonchev–Trinajstić information content (AvgIpc) is 2.32. The van der Waals surface area contributed by atoms with Crippen molar-refractivity contribution in [1.29, 1.82) is 0 Å². The number of rotatable bonds is 6. The fourth-order valence-corrected chi connectivity index (χ4v) is 2.15. The summed E-state index contributed by atoms with van der Waals surface area (Å²) in [5, 5.41) is 6.40. The Bertz CT molecular complexity index is 225. The molecule has 1 heterocycles. The van der Waals surface area contributed by atoms with Gasteiger partial charge in [0.05, 0.1) is 6.04 Å². The molecule has 1 fully saturated rings. The van der Waals surface area contributed by atoms with Crippen LogP contribution in [0.4, 0.5) is 0 Å². The van der Waals surface area contributed by atoms with Gasteiger partial charge in [-0.25, -0.2) is 0 Å². The Morgan fingerprint density at radius 1 is 1.41 bits per heavy atom. The van der Waals surface area contributed by atoms with Crippen LogP contribution in [0.25, 0.3) is 0 Å². The van der Waals surface area contributed by atoms with E-state index in [1.807, 2.05) is 6.92 Å². The van der Waals surface area contributed by atoms with Gasteiger partial charge in [-0.2, -0.15) is 0 Å². The van der Waals surface area contributed by atoms with E-state index < -0.39 is 0 Å². The summed E-state index contributed by atoms with van der Waals surface area (Å²) in [4.78, 5) is 14.1. The maximum atomic E-state index is 11.8. The van der Waals surface area contributed by atoms with E-state index in [-0.39, 0.29) is 11.9 Å². The number of nitrogens with one attached hydrogen (secondary N) is 2. The third-order valence-electron chi connectivity index (χ3n) is 3.43. The zero-order valence-corrected chi connectivity index (χ0v) is 11.5. The molecule has 100 valence electrons. The zero-order chi connectivity index (χ0) is 12.7. The highest BCUT2D eigenvalue weighted by atomic mass is 16.2. The predicted molar refractivity (Wildman–Crippen MR) is 71.0 cm³/mol. The van der Waals surface area contributed by atoms with E-state index in [0.717, 1.165) is 45.3 Å². The fraction of sp³-hybridized carbons (Fsp3) is 0.923. The Morgan fingerprint density at radius 2 is 2.06 bits per heavy atom. The first-order valence-electron chi connectivity index (χ1n) is 6.85. The lowest BCUT2D eigenvalue weighted by molar-refractivity contribution is -0.123. The number of hydrogen-bond donors (Lipinski definition) is 2. The molecule has 0 radical (unpaired) electrons. The molecule has 1 atom stereocenters. The molecule has 17 heavy (non-hydrogen) atoms. The molecule has 1 saturated heterocycles. The lowest BCUT2D eigenvalue weighted by atomic mass is 10.0. The minimum absolute atomic E-state index is 0.0692. The summed E-state index contributed by atoms with van der Waals surface area (Å²) < 4.78 is 0. The highest BCUT2D eigenvalue weighted by Gasteiger charge is 2.20. The third-order valence-corrected chi connectivity index (χ3v) is 3.43. The summed E-state index contributed by atoms with van der Waals surface area (Å²) in [7, 11) is 2.15. The van der Waals surface area contributed by atoms with Crippen LogP contribution in [0.1, 0.15) is 39.5 Å². The van der Waals surface area contributed by atoms with Crippen molar-refractivity contribution >= 4 is 5.91 Å². The normalized spacial score (nSPS) is 20.2. The molecule has 0 aromatic heterocycles. The molecular formula is C13H27N3O. The molecule has 0 aromatic rings. The number of piperidine rings is 1. The molecule has 1 unspecified atom stereocenters. The summed E-state index contributed by atoms with van der Waals surface area (Å²) in [6, 6.07) is 0.429. The SMILES string of the molecule is CCCCNC(=O)C(C)NC1CCN(C)CC1. The van der Waals surface area contributed by atoms with Crippen molar-refractivity contribution in [3.8, 4) is 0 Å². The van der Waals surface area contributed by atoms with Crippen LogP contribution in [-0.2, 0) is 4.79 Å². The second-order valence-corrected chi connectivity index (χ2v) is 5.11. The lowest BCUT2D eigenvalue weighted by Crippen LogP contribution is -2.50. The number of amides is 1. The van der Waals surface area contributed by atoms with Crippen molar-refractivity contribution in [3.05, 3.63) is 0 Å². The van der Waals surface area contributed by atoms with E-state index in [1.54, 1.807) is 0 Å². The summed E-state index contributed by atoms with van der Waals surface area (Å²) in [6.45, 7) is 7.14. The largest absolute Gasteiger partial charge is 0.355 e. The zero-order valence-electron chi connectivity index (χ0n) is 11.5. The van der Waals surface area contributed by atoms with Gasteiger partial charge >= 0.3 is 0 Å². The fourth-order valence-electron chi connectivity index (χ4n) is 2.15. The number of carbonyl (C=O) groups excluding carboxylic acids is 1. The van der Waals surface area contributed by atoms with Crippen molar-refractivity contribution in [2.24, 2.45) is 0 Å². The van der Waals surface area contributed by atoms with Crippen LogP contribution in [0.2, 0.25) is 0 Å². The maximum Gasteiger partial charge on any atom is 0.236 e. The highest BCUT2D eigenvalue weighted by Crippen LogP contribution is 2.08. The van der Waals surface area contributed by atoms with Crippen LogP contribution in [0.5, 0.6) is 0 Å². The molecule has 0 spiro atoms. The first-order chi connectivity index (χ1) is 8.13. The average molecular weight is 241 g/mol. The van der Waals surface area contributed by atoms with Gasteiger partial charge in [0.15, 0.2) is 0 Å². The van der Waals surface area contributed by atoms with Crippen molar-refractivity contribution < 1.29 is 4.79 Å². The lowest BCUT2D eigenvalue weighted by Gasteiger charge is -2.31. The minimum Gasteiger partial charge on any atom is -0.355 e. The molecule has 1 aliphatic rings. The van der Waals surface area contributed by atoms with E-state index in [0.29, 0.717) is 6.04 Å². The van der Waals surface area contributed by atoms with Crippen molar-refractivity contribution in [1.82, 2.24) is 15.5 Å². The molecule has 0 saturated carbocycles. The first kappa shape index (κ1) is 14.5. The Balaban J connectivity index is 2.19. The predicted octanol–water partition coefficient (Wildman–Crippen LogP) is 0.975. The standard InChI is InChI=1S/C13H27N3O/c1-4-5-8-14-13(17)11(2)15-12-6-9-16(3)10-7-12/h11-12,15H,4-10H2,1-3H3,(H,14,17). The van der Waals surface area contributed by atoms with Crippen LogP contribution in [0.3, 0.4) is 0 Å². The van der Waals surface area contributed by atoms with E-state index in [9.17, 15) is 4.79 Å². The number of hydrogen-bond acceptors (Lipinski definition) is 3. The quantitative estimate of drug-likeness (QED) is 0.681. The Morgan fingerprint density at radius 3 is 2.65 bits per heavy atom. The van der Waals surface area contributed by atoms with E-state index in [1.165, 1.54) is 0 Å².